The minimum Gasteiger partial charge on any atom is -0.469 e. The molecular formula is C21H38N4O3. The van der Waals surface area contributed by atoms with Gasteiger partial charge >= 0.3 is 0 Å². The summed E-state index contributed by atoms with van der Waals surface area (Å²) in [6.07, 6.45) is 5.96. The Kier molecular flexibility index (Phi) is 10.4. The van der Waals surface area contributed by atoms with Gasteiger partial charge in [0.05, 0.1) is 31.6 Å². The number of aliphatic imine (C=N–C) groups is 1. The van der Waals surface area contributed by atoms with Crippen LogP contribution in [0.25, 0.3) is 0 Å². The van der Waals surface area contributed by atoms with E-state index in [4.69, 9.17) is 14.1 Å². The van der Waals surface area contributed by atoms with Gasteiger partial charge in [0.15, 0.2) is 5.96 Å². The number of furan rings is 1. The zero-order valence-electron chi connectivity index (χ0n) is 17.6. The van der Waals surface area contributed by atoms with Gasteiger partial charge in [0.25, 0.3) is 0 Å². The van der Waals surface area contributed by atoms with Crippen LogP contribution in [0, 0.1) is 0 Å². The third-order valence-corrected chi connectivity index (χ3v) is 5.03. The number of morpholine rings is 1. The second kappa shape index (κ2) is 12.8. The van der Waals surface area contributed by atoms with Crippen molar-refractivity contribution in [1.29, 1.82) is 0 Å². The van der Waals surface area contributed by atoms with Crippen molar-refractivity contribution < 1.29 is 14.3 Å². The van der Waals surface area contributed by atoms with Crippen molar-refractivity contribution in [3.05, 3.63) is 24.2 Å². The second-order valence-corrected chi connectivity index (χ2v) is 7.53. The smallest absolute Gasteiger partial charge is 0.191 e. The average molecular weight is 395 g/mol. The Morgan fingerprint density at radius 3 is 2.54 bits per heavy atom. The van der Waals surface area contributed by atoms with Gasteiger partial charge < -0.3 is 24.9 Å². The van der Waals surface area contributed by atoms with E-state index in [1.165, 1.54) is 0 Å². The molecule has 0 aromatic carbocycles. The molecule has 1 saturated heterocycles. The van der Waals surface area contributed by atoms with E-state index in [1.807, 2.05) is 12.1 Å². The fraction of sp³-hybridized carbons (Fsp3) is 0.762. The third-order valence-electron chi connectivity index (χ3n) is 5.03. The van der Waals surface area contributed by atoms with E-state index in [-0.39, 0.29) is 0 Å². The molecule has 1 aliphatic rings. The largest absolute Gasteiger partial charge is 0.469 e. The summed E-state index contributed by atoms with van der Waals surface area (Å²) >= 11 is 0. The van der Waals surface area contributed by atoms with Crippen LogP contribution in [0.1, 0.15) is 45.3 Å². The number of rotatable bonds is 12. The van der Waals surface area contributed by atoms with Gasteiger partial charge in [-0.25, -0.2) is 0 Å². The summed E-state index contributed by atoms with van der Waals surface area (Å²) in [6, 6.07) is 3.88. The molecule has 160 valence electrons. The molecule has 2 rings (SSSR count). The number of hydrogen-bond donors (Lipinski definition) is 3. The standard InChI is InChI=1S/C21H38N4O3/c1-3-8-21(26,9-4-2)18-24-20(22-10-7-19-6-5-15-28-19)23-11-12-25-13-16-27-17-14-25/h5-6,15,26H,3-4,7-14,16-18H2,1-2H3,(H2,22,23,24). The van der Waals surface area contributed by atoms with Crippen LogP contribution in [-0.4, -0.2) is 74.0 Å². The Labute approximate surface area is 169 Å². The van der Waals surface area contributed by atoms with Crippen molar-refractivity contribution in [2.24, 2.45) is 4.99 Å². The molecule has 0 bridgehead atoms. The SMILES string of the molecule is CCCC(O)(CCC)CN=C(NCCc1ccco1)NCCN1CCOCC1. The van der Waals surface area contributed by atoms with Crippen molar-refractivity contribution in [2.75, 3.05) is 52.5 Å². The molecule has 7 nitrogen and oxygen atoms in total. The van der Waals surface area contributed by atoms with E-state index in [2.05, 4.69) is 29.4 Å². The van der Waals surface area contributed by atoms with Crippen LogP contribution in [0.4, 0.5) is 0 Å². The van der Waals surface area contributed by atoms with E-state index in [0.717, 1.165) is 89.8 Å². The van der Waals surface area contributed by atoms with Crippen molar-refractivity contribution in [3.63, 3.8) is 0 Å². The Bertz CT molecular complexity index is 536. The molecule has 0 saturated carbocycles. The van der Waals surface area contributed by atoms with Crippen LogP contribution in [0.15, 0.2) is 27.8 Å². The van der Waals surface area contributed by atoms with Gasteiger partial charge in [-0.15, -0.1) is 0 Å². The molecule has 0 unspecified atom stereocenters. The summed E-state index contributed by atoms with van der Waals surface area (Å²) in [7, 11) is 0. The van der Waals surface area contributed by atoms with Gasteiger partial charge in [0.1, 0.15) is 5.76 Å². The lowest BCUT2D eigenvalue weighted by Gasteiger charge is -2.27. The van der Waals surface area contributed by atoms with E-state index in [0.29, 0.717) is 6.54 Å². The predicted octanol–water partition coefficient (Wildman–Crippen LogP) is 2.02. The molecule has 2 heterocycles. The maximum Gasteiger partial charge on any atom is 0.191 e. The highest BCUT2D eigenvalue weighted by atomic mass is 16.5. The molecule has 0 radical (unpaired) electrons. The lowest BCUT2D eigenvalue weighted by Crippen LogP contribution is -2.45. The van der Waals surface area contributed by atoms with Gasteiger partial charge in [-0.2, -0.15) is 0 Å². The number of hydrogen-bond acceptors (Lipinski definition) is 5. The van der Waals surface area contributed by atoms with Crippen LogP contribution in [0.3, 0.4) is 0 Å². The van der Waals surface area contributed by atoms with E-state index < -0.39 is 5.60 Å². The maximum atomic E-state index is 10.9. The first kappa shape index (κ1) is 22.7. The van der Waals surface area contributed by atoms with E-state index in [9.17, 15) is 5.11 Å². The topological polar surface area (TPSA) is 82.3 Å². The highest BCUT2D eigenvalue weighted by Crippen LogP contribution is 2.19. The van der Waals surface area contributed by atoms with Gasteiger partial charge in [0.2, 0.25) is 0 Å². The van der Waals surface area contributed by atoms with Crippen LogP contribution in [-0.2, 0) is 11.2 Å². The Balaban J connectivity index is 1.86. The molecule has 1 fully saturated rings. The monoisotopic (exact) mass is 394 g/mol. The number of ether oxygens (including phenoxy) is 1. The first-order valence-corrected chi connectivity index (χ1v) is 10.7. The summed E-state index contributed by atoms with van der Waals surface area (Å²) in [5.41, 5.74) is -0.719. The molecular weight excluding hydrogens is 356 g/mol. The molecule has 0 atom stereocenters. The Morgan fingerprint density at radius 1 is 1.18 bits per heavy atom. The molecule has 3 N–H and O–H groups in total. The fourth-order valence-electron chi connectivity index (χ4n) is 3.53. The van der Waals surface area contributed by atoms with Crippen LogP contribution in [0.2, 0.25) is 0 Å². The first-order chi connectivity index (χ1) is 13.6. The van der Waals surface area contributed by atoms with Crippen LogP contribution in [0.5, 0.6) is 0 Å². The van der Waals surface area contributed by atoms with Gasteiger partial charge in [0, 0.05) is 39.1 Å². The summed E-state index contributed by atoms with van der Waals surface area (Å²) in [6.45, 7) is 10.7. The normalized spacial score (nSPS) is 16.3. The van der Waals surface area contributed by atoms with E-state index in [1.54, 1.807) is 6.26 Å². The molecule has 0 aliphatic carbocycles. The maximum absolute atomic E-state index is 10.9. The average Bonchev–Trinajstić information content (AvgIpc) is 3.20. The number of guanidine groups is 1. The van der Waals surface area contributed by atoms with Crippen molar-refractivity contribution >= 4 is 5.96 Å². The third kappa shape index (κ3) is 8.63. The summed E-state index contributed by atoms with van der Waals surface area (Å²) in [5.74, 6) is 1.71. The van der Waals surface area contributed by atoms with E-state index >= 15 is 0 Å². The Morgan fingerprint density at radius 2 is 1.89 bits per heavy atom. The molecule has 1 aromatic rings. The zero-order chi connectivity index (χ0) is 20.1. The van der Waals surface area contributed by atoms with Crippen LogP contribution < -0.4 is 10.6 Å². The van der Waals surface area contributed by atoms with Gasteiger partial charge in [-0.1, -0.05) is 26.7 Å². The molecule has 0 amide bonds. The molecule has 0 spiro atoms. The number of aliphatic hydroxyl groups is 1. The number of nitrogens with zero attached hydrogens (tertiary/aromatic N) is 2. The fourth-order valence-corrected chi connectivity index (χ4v) is 3.53. The molecule has 1 aliphatic heterocycles. The summed E-state index contributed by atoms with van der Waals surface area (Å²) in [4.78, 5) is 7.10. The molecule has 1 aromatic heterocycles. The predicted molar refractivity (Wildman–Crippen MR) is 113 cm³/mol. The van der Waals surface area contributed by atoms with Crippen molar-refractivity contribution in [2.45, 2.75) is 51.6 Å². The Hall–Kier alpha value is -1.57. The minimum atomic E-state index is -0.719. The highest BCUT2D eigenvalue weighted by molar-refractivity contribution is 5.79. The van der Waals surface area contributed by atoms with Gasteiger partial charge in [-0.05, 0) is 25.0 Å². The minimum absolute atomic E-state index is 0.419. The van der Waals surface area contributed by atoms with Crippen molar-refractivity contribution in [3.8, 4) is 0 Å². The quantitative estimate of drug-likeness (QED) is 0.372. The summed E-state index contributed by atoms with van der Waals surface area (Å²) in [5, 5.41) is 17.7. The first-order valence-electron chi connectivity index (χ1n) is 10.7. The lowest BCUT2D eigenvalue weighted by molar-refractivity contribution is 0.0305. The zero-order valence-corrected chi connectivity index (χ0v) is 17.6. The summed E-state index contributed by atoms with van der Waals surface area (Å²) < 4.78 is 10.8. The molecule has 7 heteroatoms. The van der Waals surface area contributed by atoms with Gasteiger partial charge in [-0.3, -0.25) is 9.89 Å². The second-order valence-electron chi connectivity index (χ2n) is 7.53. The lowest BCUT2D eigenvalue weighted by atomic mass is 9.93. The van der Waals surface area contributed by atoms with Crippen molar-refractivity contribution in [1.82, 2.24) is 15.5 Å². The molecule has 28 heavy (non-hydrogen) atoms. The van der Waals surface area contributed by atoms with Crippen LogP contribution >= 0.6 is 0 Å². The highest BCUT2D eigenvalue weighted by Gasteiger charge is 2.24. The number of nitrogens with one attached hydrogen (secondary N) is 2.